The molecule has 0 aliphatic heterocycles. The summed E-state index contributed by atoms with van der Waals surface area (Å²) in [5.74, 6) is -0.297. The van der Waals surface area contributed by atoms with Crippen LogP contribution in [0, 0.1) is 0 Å². The first-order valence-electron chi connectivity index (χ1n) is 8.18. The van der Waals surface area contributed by atoms with E-state index in [1.165, 1.54) is 0 Å². The highest BCUT2D eigenvalue weighted by atomic mass is 16.4. The van der Waals surface area contributed by atoms with E-state index in [0.29, 0.717) is 12.4 Å². The second kappa shape index (κ2) is 8.53. The average molecular weight is 346 g/mol. The number of nitrogens with zero attached hydrogens (tertiary/aromatic N) is 3. The highest BCUT2D eigenvalue weighted by molar-refractivity contribution is 5.85. The summed E-state index contributed by atoms with van der Waals surface area (Å²) in [6, 6.07) is 13.4. The van der Waals surface area contributed by atoms with Crippen molar-refractivity contribution in [3.63, 3.8) is 0 Å². The zero-order chi connectivity index (χ0) is 18.2. The molecule has 2 heterocycles. The van der Waals surface area contributed by atoms with Gasteiger partial charge in [-0.2, -0.15) is 0 Å². The molecule has 130 valence electrons. The zero-order valence-electron chi connectivity index (χ0n) is 14.0. The second-order valence-corrected chi connectivity index (χ2v) is 5.55. The van der Waals surface area contributed by atoms with Crippen LogP contribution in [0.1, 0.15) is 11.3 Å². The topological polar surface area (TPSA) is 88.0 Å². The molecule has 2 N–H and O–H groups in total. The summed E-state index contributed by atoms with van der Waals surface area (Å²) in [6.45, 7) is 0.682. The van der Waals surface area contributed by atoms with Crippen LogP contribution in [0.25, 0.3) is 17.3 Å². The van der Waals surface area contributed by atoms with Crippen molar-refractivity contribution in [1.82, 2.24) is 15.0 Å². The smallest absolute Gasteiger partial charge is 0.328 e. The molecule has 3 aromatic rings. The number of benzene rings is 1. The molecule has 0 aliphatic rings. The van der Waals surface area contributed by atoms with E-state index in [0.717, 1.165) is 35.0 Å². The van der Waals surface area contributed by atoms with Gasteiger partial charge in [0.2, 0.25) is 0 Å². The fourth-order valence-corrected chi connectivity index (χ4v) is 2.49. The van der Waals surface area contributed by atoms with E-state index in [-0.39, 0.29) is 0 Å². The number of anilines is 1. The van der Waals surface area contributed by atoms with Crippen molar-refractivity contribution in [2.75, 3.05) is 11.9 Å². The molecule has 0 fully saturated rings. The summed E-state index contributed by atoms with van der Waals surface area (Å²) in [7, 11) is 0. The van der Waals surface area contributed by atoms with Gasteiger partial charge in [0.15, 0.2) is 5.82 Å². The lowest BCUT2D eigenvalue weighted by molar-refractivity contribution is -0.131. The molecule has 0 radical (unpaired) electrons. The Labute approximate surface area is 151 Å². The van der Waals surface area contributed by atoms with Gasteiger partial charge in [-0.05, 0) is 29.8 Å². The Balaban J connectivity index is 1.76. The van der Waals surface area contributed by atoms with E-state index in [2.05, 4.69) is 20.3 Å². The molecule has 0 saturated heterocycles. The van der Waals surface area contributed by atoms with Crippen molar-refractivity contribution in [1.29, 1.82) is 0 Å². The third-order valence-electron chi connectivity index (χ3n) is 3.68. The van der Waals surface area contributed by atoms with Crippen molar-refractivity contribution in [3.8, 4) is 11.3 Å². The summed E-state index contributed by atoms with van der Waals surface area (Å²) in [6.07, 6.45) is 8.50. The first-order chi connectivity index (χ1) is 12.7. The van der Waals surface area contributed by atoms with E-state index in [9.17, 15) is 4.79 Å². The third-order valence-corrected chi connectivity index (χ3v) is 3.68. The summed E-state index contributed by atoms with van der Waals surface area (Å²) in [5.41, 5.74) is 3.38. The lowest BCUT2D eigenvalue weighted by Crippen LogP contribution is -2.09. The van der Waals surface area contributed by atoms with Gasteiger partial charge in [0, 0.05) is 48.9 Å². The average Bonchev–Trinajstić information content (AvgIpc) is 2.68. The molecule has 0 atom stereocenters. The Kier molecular flexibility index (Phi) is 5.67. The van der Waals surface area contributed by atoms with Gasteiger partial charge in [-0.15, -0.1) is 0 Å². The molecule has 3 rings (SSSR count). The molecule has 0 saturated carbocycles. The molecule has 6 nitrogen and oxygen atoms in total. The predicted molar refractivity (Wildman–Crippen MR) is 101 cm³/mol. The summed E-state index contributed by atoms with van der Waals surface area (Å²) < 4.78 is 0. The molecule has 0 aliphatic carbocycles. The van der Waals surface area contributed by atoms with Crippen LogP contribution in [0.4, 0.5) is 5.82 Å². The molecule has 6 heteroatoms. The quantitative estimate of drug-likeness (QED) is 0.638. The molecule has 0 amide bonds. The van der Waals surface area contributed by atoms with Gasteiger partial charge in [0.1, 0.15) is 5.69 Å². The van der Waals surface area contributed by atoms with Crippen LogP contribution in [0.2, 0.25) is 0 Å². The minimum atomic E-state index is -0.980. The van der Waals surface area contributed by atoms with E-state index in [1.807, 2.05) is 42.5 Å². The SMILES string of the molecule is O=C(O)/C=C/c1cccc(-c2nccnc2NCCc2ccccn2)c1. The molecule has 0 bridgehead atoms. The number of carboxylic acids is 1. The lowest BCUT2D eigenvalue weighted by Gasteiger charge is -2.10. The van der Waals surface area contributed by atoms with E-state index in [1.54, 1.807) is 24.7 Å². The molecule has 1 aromatic carbocycles. The Morgan fingerprint density at radius 1 is 1.04 bits per heavy atom. The highest BCUT2D eigenvalue weighted by Gasteiger charge is 2.08. The molecule has 2 aromatic heterocycles. The van der Waals surface area contributed by atoms with Gasteiger partial charge in [-0.3, -0.25) is 9.97 Å². The Morgan fingerprint density at radius 2 is 1.92 bits per heavy atom. The Bertz CT molecular complexity index is 910. The van der Waals surface area contributed by atoms with Crippen LogP contribution in [0.5, 0.6) is 0 Å². The fourth-order valence-electron chi connectivity index (χ4n) is 2.49. The van der Waals surface area contributed by atoms with Crippen molar-refractivity contribution in [2.45, 2.75) is 6.42 Å². The van der Waals surface area contributed by atoms with E-state index < -0.39 is 5.97 Å². The number of carboxylic acid groups (broad SMARTS) is 1. The molecular formula is C20H18N4O2. The second-order valence-electron chi connectivity index (χ2n) is 5.55. The first-order valence-corrected chi connectivity index (χ1v) is 8.18. The van der Waals surface area contributed by atoms with Gasteiger partial charge in [0.25, 0.3) is 0 Å². The molecule has 0 spiro atoms. The first kappa shape index (κ1) is 17.3. The van der Waals surface area contributed by atoms with Crippen LogP contribution in [-0.2, 0) is 11.2 Å². The highest BCUT2D eigenvalue weighted by Crippen LogP contribution is 2.24. The summed E-state index contributed by atoms with van der Waals surface area (Å²) in [4.78, 5) is 23.8. The van der Waals surface area contributed by atoms with Gasteiger partial charge >= 0.3 is 5.97 Å². The summed E-state index contributed by atoms with van der Waals surface area (Å²) >= 11 is 0. The van der Waals surface area contributed by atoms with E-state index in [4.69, 9.17) is 5.11 Å². The van der Waals surface area contributed by atoms with Crippen LogP contribution in [-0.4, -0.2) is 32.6 Å². The fraction of sp³-hybridized carbons (Fsp3) is 0.100. The number of rotatable bonds is 7. The minimum absolute atomic E-state index is 0.682. The molecular weight excluding hydrogens is 328 g/mol. The largest absolute Gasteiger partial charge is 0.478 e. The van der Waals surface area contributed by atoms with Crippen LogP contribution < -0.4 is 5.32 Å². The maximum atomic E-state index is 10.7. The van der Waals surface area contributed by atoms with Crippen molar-refractivity contribution >= 4 is 17.9 Å². The number of aromatic nitrogens is 3. The van der Waals surface area contributed by atoms with E-state index >= 15 is 0 Å². The zero-order valence-corrected chi connectivity index (χ0v) is 14.0. The number of hydrogen-bond donors (Lipinski definition) is 2. The third kappa shape index (κ3) is 4.73. The van der Waals surface area contributed by atoms with Crippen molar-refractivity contribution < 1.29 is 9.90 Å². The van der Waals surface area contributed by atoms with Crippen LogP contribution in [0.3, 0.4) is 0 Å². The standard InChI is InChI=1S/C20H18N4O2/c25-18(26)8-7-15-4-3-5-16(14-15)19-20(24-13-12-22-19)23-11-9-17-6-1-2-10-21-17/h1-8,10,12-14H,9,11H2,(H,23,24)(H,25,26)/b8-7+. The summed E-state index contributed by atoms with van der Waals surface area (Å²) in [5, 5.41) is 12.1. The monoisotopic (exact) mass is 346 g/mol. The Hall–Kier alpha value is -3.54. The number of carbonyl (C=O) groups is 1. The van der Waals surface area contributed by atoms with Gasteiger partial charge in [-0.25, -0.2) is 9.78 Å². The van der Waals surface area contributed by atoms with Crippen molar-refractivity contribution in [3.05, 3.63) is 78.4 Å². The normalized spacial score (nSPS) is 10.8. The number of hydrogen-bond acceptors (Lipinski definition) is 5. The van der Waals surface area contributed by atoms with Crippen LogP contribution in [0.15, 0.2) is 67.1 Å². The van der Waals surface area contributed by atoms with Gasteiger partial charge in [-0.1, -0.05) is 24.3 Å². The molecule has 26 heavy (non-hydrogen) atoms. The van der Waals surface area contributed by atoms with Crippen molar-refractivity contribution in [2.24, 2.45) is 0 Å². The maximum absolute atomic E-state index is 10.7. The maximum Gasteiger partial charge on any atom is 0.328 e. The molecule has 0 unspecified atom stereocenters. The Morgan fingerprint density at radius 3 is 2.73 bits per heavy atom. The number of nitrogens with one attached hydrogen (secondary N) is 1. The van der Waals surface area contributed by atoms with Gasteiger partial charge in [0.05, 0.1) is 0 Å². The number of pyridine rings is 1. The van der Waals surface area contributed by atoms with Gasteiger partial charge < -0.3 is 10.4 Å². The predicted octanol–water partition coefficient (Wildman–Crippen LogP) is 3.29. The number of aliphatic carboxylic acids is 1. The lowest BCUT2D eigenvalue weighted by atomic mass is 10.1. The van der Waals surface area contributed by atoms with Crippen LogP contribution >= 0.6 is 0 Å². The minimum Gasteiger partial charge on any atom is -0.478 e.